The maximum Gasteiger partial charge on any atom is 0.185 e. The van der Waals surface area contributed by atoms with Crippen molar-refractivity contribution in [2.24, 2.45) is 16.5 Å². The van der Waals surface area contributed by atoms with E-state index in [0.29, 0.717) is 19.8 Å². The van der Waals surface area contributed by atoms with Crippen molar-refractivity contribution in [3.8, 4) is 5.75 Å². The number of aliphatic imine (C=N–C) groups is 1. The summed E-state index contributed by atoms with van der Waals surface area (Å²) in [6.45, 7) is 1.53. The quantitative estimate of drug-likeness (QED) is 0.417. The molecule has 0 bridgehead atoms. The fourth-order valence-corrected chi connectivity index (χ4v) is 1.15. The third-order valence-corrected chi connectivity index (χ3v) is 1.96. The summed E-state index contributed by atoms with van der Waals surface area (Å²) < 4.78 is 10.4. The topological polar surface area (TPSA) is 82.9 Å². The van der Waals surface area contributed by atoms with Crippen LogP contribution in [-0.4, -0.2) is 26.2 Å². The summed E-state index contributed by atoms with van der Waals surface area (Å²) in [5, 5.41) is 0. The predicted octanol–water partition coefficient (Wildman–Crippen LogP) is 0.485. The van der Waals surface area contributed by atoms with Gasteiger partial charge in [0.25, 0.3) is 0 Å². The van der Waals surface area contributed by atoms with E-state index in [0.717, 1.165) is 11.3 Å². The normalized spacial score (nSPS) is 9.81. The molecule has 0 aromatic heterocycles. The molecule has 5 heteroatoms. The average molecular weight is 223 g/mol. The van der Waals surface area contributed by atoms with Gasteiger partial charge in [-0.3, -0.25) is 4.99 Å². The van der Waals surface area contributed by atoms with Crippen molar-refractivity contribution in [1.82, 2.24) is 0 Å². The molecule has 4 N–H and O–H groups in total. The molecule has 1 rings (SSSR count). The summed E-state index contributed by atoms with van der Waals surface area (Å²) >= 11 is 0. The molecule has 0 atom stereocenters. The van der Waals surface area contributed by atoms with E-state index in [1.807, 2.05) is 24.3 Å². The molecular weight excluding hydrogens is 206 g/mol. The average Bonchev–Trinajstić information content (AvgIpc) is 2.29. The number of guanidine groups is 1. The Hall–Kier alpha value is -1.75. The smallest absolute Gasteiger partial charge is 0.185 e. The van der Waals surface area contributed by atoms with Crippen molar-refractivity contribution < 1.29 is 9.47 Å². The van der Waals surface area contributed by atoms with Gasteiger partial charge in [-0.1, -0.05) is 12.1 Å². The van der Waals surface area contributed by atoms with Gasteiger partial charge in [-0.2, -0.15) is 0 Å². The molecule has 0 aliphatic carbocycles. The van der Waals surface area contributed by atoms with E-state index in [1.54, 1.807) is 7.11 Å². The van der Waals surface area contributed by atoms with Gasteiger partial charge in [0.2, 0.25) is 0 Å². The summed E-state index contributed by atoms with van der Waals surface area (Å²) in [4.78, 5) is 3.81. The van der Waals surface area contributed by atoms with Crippen LogP contribution in [0.4, 0.5) is 0 Å². The van der Waals surface area contributed by atoms with Crippen molar-refractivity contribution >= 4 is 5.96 Å². The van der Waals surface area contributed by atoms with E-state index < -0.39 is 0 Å². The van der Waals surface area contributed by atoms with Gasteiger partial charge in [-0.05, 0) is 17.7 Å². The fourth-order valence-electron chi connectivity index (χ4n) is 1.15. The van der Waals surface area contributed by atoms with E-state index in [-0.39, 0.29) is 5.96 Å². The zero-order valence-electron chi connectivity index (χ0n) is 9.35. The lowest BCUT2D eigenvalue weighted by molar-refractivity contribution is 0.128. The highest BCUT2D eigenvalue weighted by Crippen LogP contribution is 2.11. The van der Waals surface area contributed by atoms with Crippen LogP contribution in [0.1, 0.15) is 5.56 Å². The number of nitrogens with two attached hydrogens (primary N) is 2. The highest BCUT2D eigenvalue weighted by atomic mass is 16.5. The number of hydrogen-bond donors (Lipinski definition) is 2. The lowest BCUT2D eigenvalue weighted by atomic mass is 10.2. The van der Waals surface area contributed by atoms with E-state index in [9.17, 15) is 0 Å². The van der Waals surface area contributed by atoms with Crippen molar-refractivity contribution in [1.29, 1.82) is 0 Å². The van der Waals surface area contributed by atoms with Crippen molar-refractivity contribution in [2.45, 2.75) is 6.61 Å². The molecule has 0 fully saturated rings. The predicted molar refractivity (Wildman–Crippen MR) is 63.3 cm³/mol. The monoisotopic (exact) mass is 223 g/mol. The summed E-state index contributed by atoms with van der Waals surface area (Å²) in [5.74, 6) is 0.928. The van der Waals surface area contributed by atoms with Crippen LogP contribution in [-0.2, 0) is 11.3 Å². The molecule has 0 unspecified atom stereocenters. The minimum atomic E-state index is 0.0908. The maximum atomic E-state index is 5.38. The maximum absolute atomic E-state index is 5.38. The number of methoxy groups -OCH3 is 1. The van der Waals surface area contributed by atoms with Crippen molar-refractivity contribution in [3.05, 3.63) is 29.8 Å². The Morgan fingerprint density at radius 3 is 2.50 bits per heavy atom. The molecular formula is C11H17N3O2. The summed E-state index contributed by atoms with van der Waals surface area (Å²) in [6.07, 6.45) is 0. The van der Waals surface area contributed by atoms with Gasteiger partial charge >= 0.3 is 0 Å². The summed E-state index contributed by atoms with van der Waals surface area (Å²) in [6, 6.07) is 7.71. The number of rotatable bonds is 6. The zero-order valence-corrected chi connectivity index (χ0v) is 9.35. The van der Waals surface area contributed by atoms with Gasteiger partial charge in [0.1, 0.15) is 5.75 Å². The van der Waals surface area contributed by atoms with Crippen molar-refractivity contribution in [2.75, 3.05) is 20.3 Å². The Bertz CT molecular complexity index is 332. The van der Waals surface area contributed by atoms with Crippen LogP contribution in [0.3, 0.4) is 0 Å². The lowest BCUT2D eigenvalue weighted by Gasteiger charge is -2.04. The van der Waals surface area contributed by atoms with E-state index in [1.165, 1.54) is 0 Å². The molecule has 0 aliphatic heterocycles. The summed E-state index contributed by atoms with van der Waals surface area (Å²) in [7, 11) is 1.64. The first-order chi connectivity index (χ1) is 7.72. The molecule has 0 spiro atoms. The minimum absolute atomic E-state index is 0.0908. The second-order valence-corrected chi connectivity index (χ2v) is 3.21. The first kappa shape index (κ1) is 12.3. The second-order valence-electron chi connectivity index (χ2n) is 3.21. The van der Waals surface area contributed by atoms with Crippen LogP contribution in [0, 0.1) is 0 Å². The van der Waals surface area contributed by atoms with Gasteiger partial charge in [-0.25, -0.2) is 0 Å². The molecule has 1 aromatic rings. The van der Waals surface area contributed by atoms with Gasteiger partial charge in [-0.15, -0.1) is 0 Å². The number of benzene rings is 1. The van der Waals surface area contributed by atoms with Crippen LogP contribution < -0.4 is 16.2 Å². The first-order valence-corrected chi connectivity index (χ1v) is 4.98. The van der Waals surface area contributed by atoms with E-state index in [4.69, 9.17) is 20.9 Å². The Labute approximate surface area is 95.1 Å². The highest BCUT2D eigenvalue weighted by molar-refractivity contribution is 5.75. The first-order valence-electron chi connectivity index (χ1n) is 4.98. The fraction of sp³-hybridized carbons (Fsp3) is 0.364. The van der Waals surface area contributed by atoms with E-state index >= 15 is 0 Å². The lowest BCUT2D eigenvalue weighted by Crippen LogP contribution is -2.23. The Kier molecular flexibility index (Phi) is 5.15. The van der Waals surface area contributed by atoms with Crippen LogP contribution in [0.2, 0.25) is 0 Å². The molecule has 5 nitrogen and oxygen atoms in total. The van der Waals surface area contributed by atoms with Gasteiger partial charge in [0.05, 0.1) is 26.9 Å². The molecule has 0 heterocycles. The molecule has 16 heavy (non-hydrogen) atoms. The van der Waals surface area contributed by atoms with Crippen LogP contribution in [0.15, 0.2) is 29.3 Å². The third-order valence-electron chi connectivity index (χ3n) is 1.96. The number of ether oxygens (including phenoxy) is 2. The Morgan fingerprint density at radius 2 is 1.94 bits per heavy atom. The standard InChI is InChI=1S/C11H17N3O2/c1-15-10-4-2-9(3-5-10)8-16-7-6-14-11(12)13/h2-5H,6-8H2,1H3,(H4,12,13,14). The van der Waals surface area contributed by atoms with Crippen LogP contribution in [0.5, 0.6) is 5.75 Å². The second kappa shape index (κ2) is 6.68. The molecule has 88 valence electrons. The highest BCUT2D eigenvalue weighted by Gasteiger charge is 1.94. The van der Waals surface area contributed by atoms with Gasteiger partial charge < -0.3 is 20.9 Å². The number of hydrogen-bond acceptors (Lipinski definition) is 3. The van der Waals surface area contributed by atoms with Gasteiger partial charge in [0.15, 0.2) is 5.96 Å². The number of nitrogens with zero attached hydrogens (tertiary/aromatic N) is 1. The summed E-state index contributed by atoms with van der Waals surface area (Å²) in [5.41, 5.74) is 11.4. The largest absolute Gasteiger partial charge is 0.497 e. The van der Waals surface area contributed by atoms with Crippen LogP contribution >= 0.6 is 0 Å². The van der Waals surface area contributed by atoms with Crippen LogP contribution in [0.25, 0.3) is 0 Å². The van der Waals surface area contributed by atoms with Gasteiger partial charge in [0, 0.05) is 0 Å². The minimum Gasteiger partial charge on any atom is -0.497 e. The molecule has 0 aliphatic rings. The van der Waals surface area contributed by atoms with E-state index in [2.05, 4.69) is 4.99 Å². The molecule has 0 saturated heterocycles. The zero-order chi connectivity index (χ0) is 11.8. The molecule has 0 amide bonds. The molecule has 0 saturated carbocycles. The third kappa shape index (κ3) is 4.65. The molecule has 1 aromatic carbocycles. The SMILES string of the molecule is COc1ccc(COCCN=C(N)N)cc1. The molecule has 0 radical (unpaired) electrons. The Morgan fingerprint density at radius 1 is 1.25 bits per heavy atom. The van der Waals surface area contributed by atoms with Crippen molar-refractivity contribution in [3.63, 3.8) is 0 Å². The Balaban J connectivity index is 2.24.